The smallest absolute Gasteiger partial charge is 0.223 e. The highest BCUT2D eigenvalue weighted by atomic mass is 16.3. The van der Waals surface area contributed by atoms with Crippen LogP contribution in [-0.2, 0) is 6.54 Å². The molecule has 2 fully saturated rings. The maximum Gasteiger partial charge on any atom is 0.223 e. The number of hydrogen-bond donors (Lipinski definition) is 1. The van der Waals surface area contributed by atoms with Crippen LogP contribution in [0.3, 0.4) is 0 Å². The van der Waals surface area contributed by atoms with Gasteiger partial charge in [0.2, 0.25) is 5.43 Å². The number of nitrogens with zero attached hydrogens (tertiary/aromatic N) is 2. The molecule has 1 saturated heterocycles. The number of likely N-dealkylation sites (tertiary alicyclic amines) is 1. The van der Waals surface area contributed by atoms with Crippen LogP contribution in [0.2, 0.25) is 0 Å². The van der Waals surface area contributed by atoms with Crippen molar-refractivity contribution < 1.29 is 5.11 Å². The largest absolute Gasteiger partial charge is 0.503 e. The number of aromatic hydroxyl groups is 1. The van der Waals surface area contributed by atoms with E-state index in [1.54, 1.807) is 6.07 Å². The van der Waals surface area contributed by atoms with Crippen molar-refractivity contribution in [3.8, 4) is 5.75 Å². The van der Waals surface area contributed by atoms with E-state index < -0.39 is 0 Å². The van der Waals surface area contributed by atoms with Crippen LogP contribution in [-0.4, -0.2) is 27.7 Å². The summed E-state index contributed by atoms with van der Waals surface area (Å²) < 4.78 is 2.27. The predicted octanol–water partition coefficient (Wildman–Crippen LogP) is 3.60. The third-order valence-corrected chi connectivity index (χ3v) is 5.57. The Morgan fingerprint density at radius 3 is 2.61 bits per heavy atom. The van der Waals surface area contributed by atoms with Crippen molar-refractivity contribution in [3.63, 3.8) is 0 Å². The Morgan fingerprint density at radius 2 is 1.91 bits per heavy atom. The van der Waals surface area contributed by atoms with Gasteiger partial charge in [-0.1, -0.05) is 26.2 Å². The lowest BCUT2D eigenvalue weighted by atomic mass is 9.94. The Hall–Kier alpha value is -1.29. The van der Waals surface area contributed by atoms with Crippen LogP contribution in [0.5, 0.6) is 5.75 Å². The second-order valence-corrected chi connectivity index (χ2v) is 7.59. The number of pyridine rings is 1. The van der Waals surface area contributed by atoms with Crippen molar-refractivity contribution in [2.24, 2.45) is 5.92 Å². The maximum absolute atomic E-state index is 12.1. The summed E-state index contributed by atoms with van der Waals surface area (Å²) >= 11 is 0. The molecule has 0 bridgehead atoms. The van der Waals surface area contributed by atoms with Crippen LogP contribution in [0.15, 0.2) is 10.9 Å². The SMILES string of the molecule is Cc1cc(=O)c(O)c(CN2CCCC(C)C2)n1C1CCCCC1. The van der Waals surface area contributed by atoms with Crippen molar-refractivity contribution in [2.75, 3.05) is 13.1 Å². The van der Waals surface area contributed by atoms with Gasteiger partial charge in [-0.25, -0.2) is 0 Å². The molecule has 128 valence electrons. The molecule has 0 aromatic carbocycles. The predicted molar refractivity (Wildman–Crippen MR) is 92.9 cm³/mol. The minimum absolute atomic E-state index is 0.0283. The lowest BCUT2D eigenvalue weighted by molar-refractivity contribution is 0.167. The van der Waals surface area contributed by atoms with Gasteiger partial charge < -0.3 is 9.67 Å². The highest BCUT2D eigenvalue weighted by Gasteiger charge is 2.25. The molecule has 1 N–H and O–H groups in total. The number of hydrogen-bond acceptors (Lipinski definition) is 3. The van der Waals surface area contributed by atoms with Gasteiger partial charge in [0.15, 0.2) is 5.75 Å². The first kappa shape index (κ1) is 16.6. The Balaban J connectivity index is 1.94. The molecule has 1 atom stereocenters. The molecule has 1 aromatic heterocycles. The first-order valence-corrected chi connectivity index (χ1v) is 9.22. The second-order valence-electron chi connectivity index (χ2n) is 7.59. The topological polar surface area (TPSA) is 45.5 Å². The summed E-state index contributed by atoms with van der Waals surface area (Å²) in [5.41, 5.74) is 1.62. The zero-order chi connectivity index (χ0) is 16.4. The fraction of sp³-hybridized carbons (Fsp3) is 0.737. The fourth-order valence-corrected chi connectivity index (χ4v) is 4.44. The van der Waals surface area contributed by atoms with Crippen molar-refractivity contribution in [3.05, 3.63) is 27.7 Å². The van der Waals surface area contributed by atoms with Gasteiger partial charge in [0, 0.05) is 30.9 Å². The van der Waals surface area contributed by atoms with Gasteiger partial charge in [0.05, 0.1) is 5.69 Å². The maximum atomic E-state index is 12.1. The van der Waals surface area contributed by atoms with Gasteiger partial charge >= 0.3 is 0 Å². The Bertz CT molecular complexity index is 602. The summed E-state index contributed by atoms with van der Waals surface area (Å²) in [4.78, 5) is 14.5. The van der Waals surface area contributed by atoms with E-state index in [0.29, 0.717) is 18.5 Å². The van der Waals surface area contributed by atoms with Gasteiger partial charge in [0.25, 0.3) is 0 Å². The normalized spacial score (nSPS) is 24.0. The summed E-state index contributed by atoms with van der Waals surface area (Å²) in [6.07, 6.45) is 8.61. The van der Waals surface area contributed by atoms with Crippen LogP contribution in [0.4, 0.5) is 0 Å². The molecule has 1 saturated carbocycles. The molecule has 1 aromatic rings. The van der Waals surface area contributed by atoms with Gasteiger partial charge in [-0.3, -0.25) is 9.69 Å². The lowest BCUT2D eigenvalue weighted by Crippen LogP contribution is -2.36. The van der Waals surface area contributed by atoms with Crippen molar-refractivity contribution in [1.29, 1.82) is 0 Å². The van der Waals surface area contributed by atoms with Crippen molar-refractivity contribution in [1.82, 2.24) is 9.47 Å². The van der Waals surface area contributed by atoms with Gasteiger partial charge in [-0.15, -0.1) is 0 Å². The first-order valence-electron chi connectivity index (χ1n) is 9.22. The molecule has 4 nitrogen and oxygen atoms in total. The first-order chi connectivity index (χ1) is 11.1. The number of aromatic nitrogens is 1. The highest BCUT2D eigenvalue weighted by Crippen LogP contribution is 2.32. The molecular formula is C19H30N2O2. The third kappa shape index (κ3) is 3.63. The van der Waals surface area contributed by atoms with Crippen molar-refractivity contribution in [2.45, 2.75) is 71.4 Å². The summed E-state index contributed by atoms with van der Waals surface area (Å²) in [6.45, 7) is 7.13. The minimum atomic E-state index is -0.227. The third-order valence-electron chi connectivity index (χ3n) is 5.57. The summed E-state index contributed by atoms with van der Waals surface area (Å²) in [5.74, 6) is 0.671. The molecule has 0 radical (unpaired) electrons. The van der Waals surface area contributed by atoms with E-state index in [1.807, 2.05) is 6.92 Å². The van der Waals surface area contributed by atoms with E-state index in [9.17, 15) is 9.90 Å². The zero-order valence-corrected chi connectivity index (χ0v) is 14.6. The molecule has 1 aliphatic carbocycles. The van der Waals surface area contributed by atoms with E-state index >= 15 is 0 Å². The molecular weight excluding hydrogens is 288 g/mol. The van der Waals surface area contributed by atoms with Crippen LogP contribution >= 0.6 is 0 Å². The Kier molecular flexibility index (Phi) is 5.10. The summed E-state index contributed by atoms with van der Waals surface area (Å²) in [5, 5.41) is 10.5. The molecule has 0 amide bonds. The van der Waals surface area contributed by atoms with E-state index in [4.69, 9.17) is 0 Å². The quantitative estimate of drug-likeness (QED) is 0.926. The van der Waals surface area contributed by atoms with Crippen molar-refractivity contribution >= 4 is 0 Å². The van der Waals surface area contributed by atoms with Gasteiger partial charge in [-0.2, -0.15) is 0 Å². The minimum Gasteiger partial charge on any atom is -0.503 e. The second kappa shape index (κ2) is 7.08. The molecule has 2 heterocycles. The van der Waals surface area contributed by atoms with E-state index in [2.05, 4.69) is 16.4 Å². The number of rotatable bonds is 3. The van der Waals surface area contributed by atoms with Crippen LogP contribution in [0.1, 0.15) is 69.3 Å². The van der Waals surface area contributed by atoms with E-state index in [0.717, 1.165) is 37.3 Å². The Labute approximate surface area is 139 Å². The molecule has 23 heavy (non-hydrogen) atoms. The number of aryl methyl sites for hydroxylation is 1. The van der Waals surface area contributed by atoms with E-state index in [1.165, 1.54) is 32.1 Å². The lowest BCUT2D eigenvalue weighted by Gasteiger charge is -2.34. The molecule has 1 unspecified atom stereocenters. The molecule has 3 rings (SSSR count). The van der Waals surface area contributed by atoms with E-state index in [-0.39, 0.29) is 11.2 Å². The molecule has 2 aliphatic rings. The summed E-state index contributed by atoms with van der Waals surface area (Å²) in [7, 11) is 0. The fourth-order valence-electron chi connectivity index (χ4n) is 4.44. The molecule has 4 heteroatoms. The monoisotopic (exact) mass is 318 g/mol. The average molecular weight is 318 g/mol. The molecule has 0 spiro atoms. The Morgan fingerprint density at radius 1 is 1.17 bits per heavy atom. The van der Waals surface area contributed by atoms with Crippen LogP contribution in [0, 0.1) is 12.8 Å². The standard InChI is InChI=1S/C19H30N2O2/c1-14-7-6-10-20(12-14)13-17-19(23)18(22)11-15(2)21(17)16-8-4-3-5-9-16/h11,14,16,23H,3-10,12-13H2,1-2H3. The zero-order valence-electron chi connectivity index (χ0n) is 14.6. The van der Waals surface area contributed by atoms with Gasteiger partial charge in [0.1, 0.15) is 0 Å². The van der Waals surface area contributed by atoms with Crippen LogP contribution in [0.25, 0.3) is 0 Å². The van der Waals surface area contributed by atoms with Crippen LogP contribution < -0.4 is 5.43 Å². The highest BCUT2D eigenvalue weighted by molar-refractivity contribution is 5.30. The molecule has 1 aliphatic heterocycles. The summed E-state index contributed by atoms with van der Waals surface area (Å²) in [6, 6.07) is 2.04. The average Bonchev–Trinajstić information content (AvgIpc) is 2.53. The van der Waals surface area contributed by atoms with Gasteiger partial charge in [-0.05, 0) is 45.1 Å². The number of piperidine rings is 1.